The van der Waals surface area contributed by atoms with Crippen LogP contribution in [0.2, 0.25) is 0 Å². The molecule has 2 atom stereocenters. The molecule has 0 aromatic rings. The smallest absolute Gasteiger partial charge is 0.311 e. The third-order valence-corrected chi connectivity index (χ3v) is 8.10. The van der Waals surface area contributed by atoms with Crippen LogP contribution in [-0.2, 0) is 27.2 Å². The summed E-state index contributed by atoms with van der Waals surface area (Å²) in [4.78, 5) is 0. The van der Waals surface area contributed by atoms with Crippen LogP contribution in [0.15, 0.2) is 0 Å². The predicted molar refractivity (Wildman–Crippen MR) is 81.9 cm³/mol. The molecule has 0 aromatic carbocycles. The molecule has 9 heteroatoms. The molecule has 7 nitrogen and oxygen atoms in total. The van der Waals surface area contributed by atoms with E-state index in [-0.39, 0.29) is 24.4 Å². The lowest BCUT2D eigenvalue weighted by molar-refractivity contribution is 0.142. The van der Waals surface area contributed by atoms with Crippen LogP contribution in [0.3, 0.4) is 0 Å². The first-order valence-electron chi connectivity index (χ1n) is 6.97. The molecule has 0 radical (unpaired) electrons. The molecule has 1 heterocycles. The summed E-state index contributed by atoms with van der Waals surface area (Å²) in [6.45, 7) is 8.91. The molecule has 0 saturated carbocycles. The van der Waals surface area contributed by atoms with E-state index in [1.165, 1.54) is 14.2 Å². The zero-order chi connectivity index (χ0) is 16.5. The fourth-order valence-corrected chi connectivity index (χ4v) is 6.48. The van der Waals surface area contributed by atoms with Crippen molar-refractivity contribution in [1.82, 2.24) is 5.32 Å². The number of rotatable bonds is 9. The molecule has 0 aliphatic carbocycles. The van der Waals surface area contributed by atoms with Crippen molar-refractivity contribution in [2.24, 2.45) is 0 Å². The monoisotopic (exact) mass is 343 g/mol. The topological polar surface area (TPSA) is 93.0 Å². The molecule has 1 rings (SSSR count). The molecule has 1 saturated heterocycles. The van der Waals surface area contributed by atoms with Crippen LogP contribution in [-0.4, -0.2) is 43.9 Å². The van der Waals surface area contributed by atoms with Crippen LogP contribution in [0.25, 0.3) is 0 Å². The molecule has 1 fully saturated rings. The Balaban J connectivity index is 2.84. The van der Waals surface area contributed by atoms with Crippen molar-refractivity contribution in [3.63, 3.8) is 0 Å². The lowest BCUT2D eigenvalue weighted by Crippen LogP contribution is -2.19. The van der Waals surface area contributed by atoms with Gasteiger partial charge in [-0.25, -0.2) is 0 Å². The Morgan fingerprint density at radius 1 is 1.05 bits per heavy atom. The Hall–Kier alpha value is 0.260. The number of nitrogens with one attached hydrogen (secondary N) is 1. The third-order valence-electron chi connectivity index (χ3n) is 3.26. The van der Waals surface area contributed by atoms with E-state index in [4.69, 9.17) is 18.1 Å². The molecule has 0 spiro atoms. The SMILES string of the molecule is COP(=O)(OC)[C@]1(C)N[C@H]1CP(=O)(OC(C)C)OC(C)C. The van der Waals surface area contributed by atoms with Crippen LogP contribution >= 0.6 is 15.2 Å². The van der Waals surface area contributed by atoms with Crippen LogP contribution in [0.1, 0.15) is 34.6 Å². The molecule has 0 aromatic heterocycles. The van der Waals surface area contributed by atoms with Crippen molar-refractivity contribution in [2.45, 2.75) is 58.1 Å². The van der Waals surface area contributed by atoms with Gasteiger partial charge in [-0.3, -0.25) is 14.4 Å². The summed E-state index contributed by atoms with van der Waals surface area (Å²) in [5.41, 5.74) is 0. The van der Waals surface area contributed by atoms with E-state index in [1.807, 2.05) is 0 Å². The van der Waals surface area contributed by atoms with Gasteiger partial charge in [0.15, 0.2) is 0 Å². The highest BCUT2D eigenvalue weighted by atomic mass is 31.2. The second-order valence-corrected chi connectivity index (χ2v) is 10.5. The fraction of sp³-hybridized carbons (Fsp3) is 1.00. The quantitative estimate of drug-likeness (QED) is 0.507. The molecule has 21 heavy (non-hydrogen) atoms. The van der Waals surface area contributed by atoms with Gasteiger partial charge in [0.1, 0.15) is 5.28 Å². The Labute approximate surface area is 127 Å². The van der Waals surface area contributed by atoms with Crippen LogP contribution in [0.4, 0.5) is 0 Å². The first-order valence-corrected chi connectivity index (χ1v) is 10.2. The van der Waals surface area contributed by atoms with E-state index in [1.54, 1.807) is 34.6 Å². The average molecular weight is 343 g/mol. The van der Waals surface area contributed by atoms with Gasteiger partial charge in [-0.05, 0) is 34.6 Å². The van der Waals surface area contributed by atoms with Gasteiger partial charge < -0.3 is 18.1 Å². The van der Waals surface area contributed by atoms with E-state index in [0.29, 0.717) is 0 Å². The van der Waals surface area contributed by atoms with Gasteiger partial charge in [0.05, 0.1) is 18.4 Å². The largest absolute Gasteiger partial charge is 0.351 e. The minimum Gasteiger partial charge on any atom is -0.311 e. The highest BCUT2D eigenvalue weighted by Crippen LogP contribution is 2.67. The Kier molecular flexibility index (Phi) is 6.25. The van der Waals surface area contributed by atoms with Crippen molar-refractivity contribution < 1.29 is 27.2 Å². The zero-order valence-electron chi connectivity index (χ0n) is 13.8. The van der Waals surface area contributed by atoms with Crippen molar-refractivity contribution in [1.29, 1.82) is 0 Å². The Bertz CT molecular complexity index is 433. The van der Waals surface area contributed by atoms with Crippen LogP contribution in [0, 0.1) is 0 Å². The minimum atomic E-state index is -3.31. The maximum Gasteiger partial charge on any atom is 0.351 e. The second kappa shape index (κ2) is 6.79. The summed E-state index contributed by atoms with van der Waals surface area (Å²) in [6, 6.07) is -0.313. The first-order chi connectivity index (χ1) is 9.52. The van der Waals surface area contributed by atoms with Gasteiger partial charge >= 0.3 is 15.2 Å². The molecule has 0 amide bonds. The molecule has 1 aliphatic rings. The van der Waals surface area contributed by atoms with Gasteiger partial charge in [0.25, 0.3) is 0 Å². The van der Waals surface area contributed by atoms with Gasteiger partial charge in [0, 0.05) is 20.3 Å². The summed E-state index contributed by atoms with van der Waals surface area (Å²) >= 11 is 0. The molecule has 1 N–H and O–H groups in total. The van der Waals surface area contributed by atoms with Gasteiger partial charge in [0.2, 0.25) is 0 Å². The Morgan fingerprint density at radius 2 is 1.48 bits per heavy atom. The van der Waals surface area contributed by atoms with Crippen LogP contribution < -0.4 is 5.32 Å². The lowest BCUT2D eigenvalue weighted by Gasteiger charge is -2.24. The molecule has 1 aliphatic heterocycles. The molecule has 0 unspecified atom stereocenters. The normalized spacial score (nSPS) is 26.6. The second-order valence-electron chi connectivity index (χ2n) is 5.81. The zero-order valence-corrected chi connectivity index (χ0v) is 15.6. The third kappa shape index (κ3) is 4.38. The van der Waals surface area contributed by atoms with Gasteiger partial charge in [-0.2, -0.15) is 0 Å². The average Bonchev–Trinajstić information content (AvgIpc) is 2.97. The van der Waals surface area contributed by atoms with Crippen molar-refractivity contribution in [2.75, 3.05) is 20.4 Å². The molecule has 126 valence electrons. The van der Waals surface area contributed by atoms with Gasteiger partial charge in [-0.1, -0.05) is 0 Å². The standard InChI is InChI=1S/C12H27NO6P2/c1-9(2)18-20(14,19-10(3)4)8-11-12(5,13-11)21(15,16-6)17-7/h9-11,13H,8H2,1-7H3/t11-,12-/m0/s1. The van der Waals surface area contributed by atoms with Gasteiger partial charge in [-0.15, -0.1) is 0 Å². The van der Waals surface area contributed by atoms with E-state index in [0.717, 1.165) is 0 Å². The highest BCUT2D eigenvalue weighted by Gasteiger charge is 2.65. The van der Waals surface area contributed by atoms with Crippen molar-refractivity contribution in [3.05, 3.63) is 0 Å². The fourth-order valence-electron chi connectivity index (χ4n) is 2.24. The Morgan fingerprint density at radius 3 is 1.81 bits per heavy atom. The molecular formula is C12H27NO6P2. The summed E-state index contributed by atoms with van der Waals surface area (Å²) in [7, 11) is -3.93. The van der Waals surface area contributed by atoms with E-state index < -0.39 is 20.5 Å². The number of hydrogen-bond donors (Lipinski definition) is 1. The lowest BCUT2D eigenvalue weighted by atomic mass is 10.4. The minimum absolute atomic E-state index is 0.122. The summed E-state index contributed by atoms with van der Waals surface area (Å²) in [5.74, 6) is 0. The van der Waals surface area contributed by atoms with Crippen molar-refractivity contribution >= 4 is 15.2 Å². The van der Waals surface area contributed by atoms with E-state index >= 15 is 0 Å². The molecular weight excluding hydrogens is 316 g/mol. The van der Waals surface area contributed by atoms with Crippen molar-refractivity contribution in [3.8, 4) is 0 Å². The summed E-state index contributed by atoms with van der Waals surface area (Å²) in [6.07, 6.45) is -0.330. The van der Waals surface area contributed by atoms with Crippen LogP contribution in [0.5, 0.6) is 0 Å². The first kappa shape index (κ1) is 19.3. The maximum atomic E-state index is 12.8. The predicted octanol–water partition coefficient (Wildman–Crippen LogP) is 3.20. The maximum absolute atomic E-state index is 12.8. The highest BCUT2D eigenvalue weighted by molar-refractivity contribution is 7.56. The van der Waals surface area contributed by atoms with E-state index in [2.05, 4.69) is 5.32 Å². The summed E-state index contributed by atoms with van der Waals surface area (Å²) in [5, 5.41) is 2.18. The number of hydrogen-bond acceptors (Lipinski definition) is 7. The summed E-state index contributed by atoms with van der Waals surface area (Å²) < 4.78 is 46.3. The van der Waals surface area contributed by atoms with E-state index in [9.17, 15) is 9.13 Å². The molecule has 0 bridgehead atoms.